The van der Waals surface area contributed by atoms with Crippen molar-refractivity contribution in [1.29, 1.82) is 0 Å². The summed E-state index contributed by atoms with van der Waals surface area (Å²) in [5.41, 5.74) is 3.17. The lowest BCUT2D eigenvalue weighted by molar-refractivity contribution is -0.184. The van der Waals surface area contributed by atoms with Crippen molar-refractivity contribution in [1.82, 2.24) is 4.72 Å². The maximum absolute atomic E-state index is 13.1. The van der Waals surface area contributed by atoms with E-state index in [-0.39, 0.29) is 22.3 Å². The molecule has 3 atom stereocenters. The lowest BCUT2D eigenvalue weighted by atomic mass is 9.89. The molecule has 3 unspecified atom stereocenters. The number of hydrogen-bond donors (Lipinski definition) is 4. The second kappa shape index (κ2) is 8.88. The molecule has 0 radical (unpaired) electrons. The summed E-state index contributed by atoms with van der Waals surface area (Å²) in [7, 11) is -4.51. The molecule has 13 heteroatoms. The van der Waals surface area contributed by atoms with Crippen LogP contribution in [0, 0.1) is 5.82 Å². The summed E-state index contributed by atoms with van der Waals surface area (Å²) in [4.78, 5) is 23.4. The molecule has 2 aromatic rings. The number of amides is 1. The fraction of sp³-hybridized carbons (Fsp3) is 0.300. The van der Waals surface area contributed by atoms with Gasteiger partial charge in [0.1, 0.15) is 18.2 Å². The van der Waals surface area contributed by atoms with Gasteiger partial charge in [-0.25, -0.2) is 12.8 Å². The van der Waals surface area contributed by atoms with Gasteiger partial charge in [0, 0.05) is 12.0 Å². The molecule has 0 spiro atoms. The molecule has 0 aromatic heterocycles. The molecule has 5 N–H and O–H groups in total. The van der Waals surface area contributed by atoms with E-state index in [2.05, 4.69) is 0 Å². The number of carboxylic acid groups (broad SMARTS) is 1. The predicted molar refractivity (Wildman–Crippen MR) is 112 cm³/mol. The van der Waals surface area contributed by atoms with E-state index in [9.17, 15) is 32.6 Å². The first-order valence-corrected chi connectivity index (χ1v) is 11.3. The molecule has 1 saturated heterocycles. The number of benzene rings is 2. The van der Waals surface area contributed by atoms with Crippen LogP contribution in [0.4, 0.5) is 4.39 Å². The Bertz CT molecular complexity index is 1190. The second-order valence-electron chi connectivity index (χ2n) is 7.63. The standard InChI is InChI=1S/C20H20ClFN2O8S/c1-19(28)10-20(18(26)27,16(32-19)17(23)25)24-33(29,30)14-6-4-13(5-7-14)31-9-11-2-3-12(22)8-15(11)21/h2-8,16,24,28H,9-10H2,1H3,(H2,23,25)(H,26,27). The third-order valence-electron chi connectivity index (χ3n) is 4.93. The van der Waals surface area contributed by atoms with Crippen LogP contribution in [0.5, 0.6) is 5.75 Å². The number of carbonyl (C=O) groups excluding carboxylic acids is 1. The SMILES string of the molecule is CC1(O)CC(NS(=O)(=O)c2ccc(OCc3ccc(F)cc3Cl)cc2)(C(=O)O)C(C(N)=O)O1. The molecule has 33 heavy (non-hydrogen) atoms. The van der Waals surface area contributed by atoms with E-state index in [1.165, 1.54) is 24.3 Å². The van der Waals surface area contributed by atoms with E-state index in [0.717, 1.165) is 25.1 Å². The Morgan fingerprint density at radius 3 is 2.48 bits per heavy atom. The van der Waals surface area contributed by atoms with E-state index < -0.39 is 51.6 Å². The minimum absolute atomic E-state index is 0.0156. The Labute approximate surface area is 193 Å². The Hall–Kier alpha value is -2.77. The van der Waals surface area contributed by atoms with E-state index in [1.54, 1.807) is 0 Å². The number of halogens is 2. The minimum Gasteiger partial charge on any atom is -0.489 e. The molecule has 0 aliphatic carbocycles. The van der Waals surface area contributed by atoms with Gasteiger partial charge in [0.05, 0.1) is 9.92 Å². The Balaban J connectivity index is 1.80. The van der Waals surface area contributed by atoms with Gasteiger partial charge in [-0.15, -0.1) is 0 Å². The molecule has 1 amide bonds. The van der Waals surface area contributed by atoms with Crippen molar-refractivity contribution < 1.29 is 42.1 Å². The highest BCUT2D eigenvalue weighted by atomic mass is 35.5. The van der Waals surface area contributed by atoms with Gasteiger partial charge in [0.15, 0.2) is 17.4 Å². The summed E-state index contributed by atoms with van der Waals surface area (Å²) >= 11 is 5.94. The molecule has 3 rings (SSSR count). The summed E-state index contributed by atoms with van der Waals surface area (Å²) in [5, 5.41) is 20.0. The van der Waals surface area contributed by atoms with Crippen LogP contribution >= 0.6 is 11.6 Å². The van der Waals surface area contributed by atoms with E-state index in [0.29, 0.717) is 5.56 Å². The Morgan fingerprint density at radius 2 is 1.94 bits per heavy atom. The fourth-order valence-corrected chi connectivity index (χ4v) is 5.02. The van der Waals surface area contributed by atoms with Crippen LogP contribution in [0.15, 0.2) is 47.4 Å². The van der Waals surface area contributed by atoms with Gasteiger partial charge in [0.25, 0.3) is 0 Å². The monoisotopic (exact) mass is 502 g/mol. The number of ether oxygens (including phenoxy) is 2. The molecule has 1 heterocycles. The van der Waals surface area contributed by atoms with Crippen molar-refractivity contribution in [3.63, 3.8) is 0 Å². The molecule has 2 aromatic carbocycles. The van der Waals surface area contributed by atoms with Crippen LogP contribution in [-0.4, -0.2) is 47.9 Å². The van der Waals surface area contributed by atoms with Gasteiger partial charge in [0.2, 0.25) is 15.9 Å². The fourth-order valence-electron chi connectivity index (χ4n) is 3.44. The summed E-state index contributed by atoms with van der Waals surface area (Å²) in [5.74, 6) is -5.37. The number of rotatable bonds is 8. The van der Waals surface area contributed by atoms with Crippen LogP contribution < -0.4 is 15.2 Å². The summed E-state index contributed by atoms with van der Waals surface area (Å²) in [6.45, 7) is 1.07. The number of hydrogen-bond acceptors (Lipinski definition) is 7. The Kier molecular flexibility index (Phi) is 6.69. The molecular formula is C20H20ClFN2O8S. The second-order valence-corrected chi connectivity index (χ2v) is 9.72. The zero-order valence-electron chi connectivity index (χ0n) is 17.1. The first-order valence-electron chi connectivity index (χ1n) is 9.39. The van der Waals surface area contributed by atoms with Crippen LogP contribution in [0.3, 0.4) is 0 Å². The smallest absolute Gasteiger partial charge is 0.328 e. The first kappa shape index (κ1) is 24.9. The minimum atomic E-state index is -4.51. The summed E-state index contributed by atoms with van der Waals surface area (Å²) in [6, 6.07) is 8.70. The summed E-state index contributed by atoms with van der Waals surface area (Å²) < 4.78 is 51.4. The van der Waals surface area contributed by atoms with Gasteiger partial charge in [-0.3, -0.25) is 9.59 Å². The highest BCUT2D eigenvalue weighted by molar-refractivity contribution is 7.89. The van der Waals surface area contributed by atoms with E-state index in [4.69, 9.17) is 26.8 Å². The van der Waals surface area contributed by atoms with Gasteiger partial charge in [-0.05, 0) is 43.3 Å². The number of sulfonamides is 1. The van der Waals surface area contributed by atoms with E-state index in [1.807, 2.05) is 4.72 Å². The number of carboxylic acids is 1. The van der Waals surface area contributed by atoms with E-state index >= 15 is 0 Å². The highest BCUT2D eigenvalue weighted by Crippen LogP contribution is 2.38. The third kappa shape index (κ3) is 5.25. The number of carbonyl (C=O) groups is 2. The zero-order valence-corrected chi connectivity index (χ0v) is 18.7. The van der Waals surface area contributed by atoms with Gasteiger partial charge >= 0.3 is 5.97 Å². The average molecular weight is 503 g/mol. The maximum Gasteiger partial charge on any atom is 0.328 e. The molecule has 0 bridgehead atoms. The highest BCUT2D eigenvalue weighted by Gasteiger charge is 2.62. The van der Waals surface area contributed by atoms with Gasteiger partial charge < -0.3 is 25.4 Å². The zero-order chi connectivity index (χ0) is 24.6. The molecule has 0 saturated carbocycles. The number of aliphatic hydroxyl groups is 1. The lowest BCUT2D eigenvalue weighted by Gasteiger charge is -2.28. The largest absolute Gasteiger partial charge is 0.489 e. The average Bonchev–Trinajstić information content (AvgIpc) is 2.99. The molecule has 10 nitrogen and oxygen atoms in total. The Morgan fingerprint density at radius 1 is 1.30 bits per heavy atom. The molecule has 178 valence electrons. The van der Waals surface area contributed by atoms with Crippen LogP contribution in [0.2, 0.25) is 5.02 Å². The van der Waals surface area contributed by atoms with Crippen molar-refractivity contribution in [3.05, 3.63) is 58.9 Å². The topological polar surface area (TPSA) is 165 Å². The molecule has 1 aliphatic rings. The molecular weight excluding hydrogens is 483 g/mol. The van der Waals surface area contributed by atoms with Crippen molar-refractivity contribution in [3.8, 4) is 5.75 Å². The number of nitrogens with two attached hydrogens (primary N) is 1. The maximum atomic E-state index is 13.1. The van der Waals surface area contributed by atoms with Crippen molar-refractivity contribution in [2.75, 3.05) is 0 Å². The normalized spacial score (nSPS) is 25.0. The number of nitrogens with one attached hydrogen (secondary N) is 1. The van der Waals surface area contributed by atoms with Crippen molar-refractivity contribution >= 4 is 33.5 Å². The van der Waals surface area contributed by atoms with Gasteiger partial charge in [-0.1, -0.05) is 17.7 Å². The first-order chi connectivity index (χ1) is 15.3. The van der Waals surface area contributed by atoms with Crippen molar-refractivity contribution in [2.45, 2.75) is 42.3 Å². The summed E-state index contributed by atoms with van der Waals surface area (Å²) in [6.07, 6.45) is -2.72. The number of primary amides is 1. The predicted octanol–water partition coefficient (Wildman–Crippen LogP) is 1.14. The van der Waals surface area contributed by atoms with Gasteiger partial charge in [-0.2, -0.15) is 4.72 Å². The number of aliphatic carboxylic acids is 1. The van der Waals surface area contributed by atoms with Crippen LogP contribution in [0.1, 0.15) is 18.9 Å². The third-order valence-corrected chi connectivity index (χ3v) is 6.80. The lowest BCUT2D eigenvalue weighted by Crippen LogP contribution is -2.63. The molecule has 1 fully saturated rings. The quantitative estimate of drug-likeness (QED) is 0.417. The van der Waals surface area contributed by atoms with Crippen LogP contribution in [-0.2, 0) is 31.0 Å². The molecule has 1 aliphatic heterocycles. The van der Waals surface area contributed by atoms with Crippen molar-refractivity contribution in [2.24, 2.45) is 5.73 Å². The van der Waals surface area contributed by atoms with Crippen LogP contribution in [0.25, 0.3) is 0 Å².